The van der Waals surface area contributed by atoms with E-state index >= 15 is 0 Å². The third-order valence-electron chi connectivity index (χ3n) is 4.85. The summed E-state index contributed by atoms with van der Waals surface area (Å²) in [6, 6.07) is 5.95. The number of fused-ring (bicyclic) bond motifs is 2. The first-order chi connectivity index (χ1) is 12.8. The van der Waals surface area contributed by atoms with Gasteiger partial charge in [-0.15, -0.1) is 0 Å². The van der Waals surface area contributed by atoms with E-state index in [9.17, 15) is 19.7 Å². The van der Waals surface area contributed by atoms with Crippen molar-refractivity contribution in [3.63, 3.8) is 0 Å². The Morgan fingerprint density at radius 1 is 1.15 bits per heavy atom. The fraction of sp³-hybridized carbons (Fsp3) is 0.235. The molecule has 0 bridgehead atoms. The minimum Gasteiger partial charge on any atom is -0.338 e. The zero-order valence-electron chi connectivity index (χ0n) is 14.7. The van der Waals surface area contributed by atoms with Gasteiger partial charge in [-0.25, -0.2) is 4.79 Å². The third kappa shape index (κ3) is 2.30. The first kappa shape index (κ1) is 16.8. The molecule has 0 saturated heterocycles. The van der Waals surface area contributed by atoms with Gasteiger partial charge in [0.1, 0.15) is 5.82 Å². The van der Waals surface area contributed by atoms with Gasteiger partial charge in [0.25, 0.3) is 11.2 Å². The molecule has 1 aliphatic rings. The van der Waals surface area contributed by atoms with Crippen molar-refractivity contribution >= 4 is 17.4 Å². The number of anilines is 2. The number of nitro groups is 1. The average molecular weight is 369 g/mol. The number of nitrogens with one attached hydrogen (secondary N) is 1. The van der Waals surface area contributed by atoms with Crippen LogP contribution < -0.4 is 16.6 Å². The van der Waals surface area contributed by atoms with Crippen LogP contribution in [0.1, 0.15) is 28.3 Å². The van der Waals surface area contributed by atoms with Gasteiger partial charge in [-0.1, -0.05) is 17.3 Å². The molecule has 10 nitrogen and oxygen atoms in total. The fourth-order valence-corrected chi connectivity index (χ4v) is 3.46. The number of rotatable bonds is 2. The van der Waals surface area contributed by atoms with Gasteiger partial charge >= 0.3 is 5.69 Å². The first-order valence-corrected chi connectivity index (χ1v) is 8.08. The lowest BCUT2D eigenvalue weighted by Crippen LogP contribution is -2.42. The molecule has 1 aliphatic heterocycles. The molecule has 10 heteroatoms. The number of hydrogen-bond acceptors (Lipinski definition) is 7. The van der Waals surface area contributed by atoms with Crippen LogP contribution >= 0.6 is 0 Å². The van der Waals surface area contributed by atoms with E-state index in [-0.39, 0.29) is 5.69 Å². The highest BCUT2D eigenvalue weighted by Crippen LogP contribution is 2.44. The number of nitro benzene ring substituents is 1. The van der Waals surface area contributed by atoms with Crippen LogP contribution in [0.15, 0.2) is 38.4 Å². The first-order valence-electron chi connectivity index (χ1n) is 8.08. The summed E-state index contributed by atoms with van der Waals surface area (Å²) in [5.41, 5.74) is 1.28. The Balaban J connectivity index is 2.05. The maximum atomic E-state index is 12.9. The summed E-state index contributed by atoms with van der Waals surface area (Å²) in [5.74, 6) is 0.0792. The van der Waals surface area contributed by atoms with Crippen LogP contribution in [-0.4, -0.2) is 19.2 Å². The summed E-state index contributed by atoms with van der Waals surface area (Å²) in [5, 5.41) is 17.9. The molecule has 1 atom stereocenters. The van der Waals surface area contributed by atoms with Crippen LogP contribution in [0.3, 0.4) is 0 Å². The zero-order chi connectivity index (χ0) is 19.5. The summed E-state index contributed by atoms with van der Waals surface area (Å²) >= 11 is 0. The minimum absolute atomic E-state index is 0.0523. The van der Waals surface area contributed by atoms with E-state index < -0.39 is 22.1 Å². The van der Waals surface area contributed by atoms with Gasteiger partial charge in [0.15, 0.2) is 0 Å². The van der Waals surface area contributed by atoms with Crippen molar-refractivity contribution in [1.29, 1.82) is 0 Å². The predicted molar refractivity (Wildman–Crippen MR) is 95.5 cm³/mol. The number of aryl methyl sites for hydroxylation is 1. The van der Waals surface area contributed by atoms with Crippen LogP contribution in [0.25, 0.3) is 0 Å². The van der Waals surface area contributed by atoms with E-state index in [4.69, 9.17) is 4.52 Å². The van der Waals surface area contributed by atoms with E-state index in [2.05, 4.69) is 10.5 Å². The van der Waals surface area contributed by atoms with Gasteiger partial charge in [-0.2, -0.15) is 0 Å². The monoisotopic (exact) mass is 369 g/mol. The summed E-state index contributed by atoms with van der Waals surface area (Å²) in [6.07, 6.45) is 0. The van der Waals surface area contributed by atoms with Crippen LogP contribution in [-0.2, 0) is 14.1 Å². The van der Waals surface area contributed by atoms with E-state index in [1.165, 1.54) is 23.7 Å². The number of benzene rings is 1. The third-order valence-corrected chi connectivity index (χ3v) is 4.85. The number of hydrogen-bond donors (Lipinski definition) is 1. The normalized spacial score (nSPS) is 15.0. The minimum atomic E-state index is -0.575. The van der Waals surface area contributed by atoms with E-state index in [1.54, 1.807) is 26.1 Å². The molecule has 0 aliphatic carbocycles. The SMILES string of the molecule is Cc1noc2c1C(c1ccc([N+](=O)[O-])cc1)c1c(n(C)c(=O)n(C)c1=O)N2. The summed E-state index contributed by atoms with van der Waals surface area (Å²) in [7, 11) is 2.96. The van der Waals surface area contributed by atoms with Crippen LogP contribution in [0.5, 0.6) is 0 Å². The average Bonchev–Trinajstić information content (AvgIpc) is 3.04. The van der Waals surface area contributed by atoms with Crippen molar-refractivity contribution in [3.8, 4) is 0 Å². The topological polar surface area (TPSA) is 125 Å². The molecular weight excluding hydrogens is 354 g/mol. The van der Waals surface area contributed by atoms with Crippen molar-refractivity contribution in [3.05, 3.63) is 77.6 Å². The molecular formula is C17H15N5O5. The molecule has 2 aromatic heterocycles. The Bertz CT molecular complexity index is 1200. The molecule has 0 amide bonds. The quantitative estimate of drug-likeness (QED) is 0.419. The van der Waals surface area contributed by atoms with Crippen molar-refractivity contribution in [2.24, 2.45) is 14.1 Å². The van der Waals surface area contributed by atoms with Crippen LogP contribution in [0.4, 0.5) is 17.4 Å². The number of non-ortho nitro benzene ring substituents is 1. The number of aromatic nitrogens is 3. The second-order valence-corrected chi connectivity index (χ2v) is 6.39. The largest absolute Gasteiger partial charge is 0.338 e. The Morgan fingerprint density at radius 3 is 2.44 bits per heavy atom. The molecule has 0 spiro atoms. The second-order valence-electron chi connectivity index (χ2n) is 6.39. The summed E-state index contributed by atoms with van der Waals surface area (Å²) in [4.78, 5) is 35.7. The van der Waals surface area contributed by atoms with Gasteiger partial charge in [0.2, 0.25) is 5.88 Å². The van der Waals surface area contributed by atoms with Crippen molar-refractivity contribution < 1.29 is 9.45 Å². The maximum absolute atomic E-state index is 12.9. The highest BCUT2D eigenvalue weighted by Gasteiger charge is 2.36. The predicted octanol–water partition coefficient (Wildman–Crippen LogP) is 1.53. The van der Waals surface area contributed by atoms with Crippen molar-refractivity contribution in [2.75, 3.05) is 5.32 Å². The molecule has 138 valence electrons. The number of nitrogens with zero attached hydrogens (tertiary/aromatic N) is 4. The zero-order valence-corrected chi connectivity index (χ0v) is 14.7. The lowest BCUT2D eigenvalue weighted by atomic mass is 9.83. The molecule has 1 unspecified atom stereocenters. The standard InChI is InChI=1S/C17H15N5O5/c1-8-11-12(9-4-6-10(7-5-9)22(25)26)13-14(18-15(11)27-19-8)20(2)17(24)21(3)16(13)23/h4-7,12,18H,1-3H3. The lowest BCUT2D eigenvalue weighted by molar-refractivity contribution is -0.384. The summed E-state index contributed by atoms with van der Waals surface area (Å²) in [6.45, 7) is 1.75. The van der Waals surface area contributed by atoms with Gasteiger partial charge in [-0.05, 0) is 12.5 Å². The molecule has 3 heterocycles. The van der Waals surface area contributed by atoms with Crippen molar-refractivity contribution in [1.82, 2.24) is 14.3 Å². The molecule has 0 saturated carbocycles. The van der Waals surface area contributed by atoms with Gasteiger partial charge in [0, 0.05) is 26.2 Å². The molecule has 0 fully saturated rings. The molecule has 1 N–H and O–H groups in total. The molecule has 4 rings (SSSR count). The Hall–Kier alpha value is -3.69. The molecule has 3 aromatic rings. The van der Waals surface area contributed by atoms with E-state index in [0.29, 0.717) is 34.1 Å². The lowest BCUT2D eigenvalue weighted by Gasteiger charge is -2.27. The Morgan fingerprint density at radius 2 is 1.81 bits per heavy atom. The highest BCUT2D eigenvalue weighted by molar-refractivity contribution is 5.70. The van der Waals surface area contributed by atoms with Crippen molar-refractivity contribution in [2.45, 2.75) is 12.8 Å². The van der Waals surface area contributed by atoms with Crippen LogP contribution in [0, 0.1) is 17.0 Å². The smallest absolute Gasteiger partial charge is 0.332 e. The Labute approximate surface area is 151 Å². The fourth-order valence-electron chi connectivity index (χ4n) is 3.46. The maximum Gasteiger partial charge on any atom is 0.332 e. The van der Waals surface area contributed by atoms with Gasteiger partial charge in [0.05, 0.1) is 27.7 Å². The second kappa shape index (κ2) is 5.66. The van der Waals surface area contributed by atoms with E-state index in [1.807, 2.05) is 0 Å². The summed E-state index contributed by atoms with van der Waals surface area (Å²) < 4.78 is 7.69. The molecule has 0 radical (unpaired) electrons. The van der Waals surface area contributed by atoms with E-state index in [0.717, 1.165) is 4.57 Å². The molecule has 27 heavy (non-hydrogen) atoms. The molecule has 1 aromatic carbocycles. The Kier molecular flexibility index (Phi) is 3.51. The van der Waals surface area contributed by atoms with Crippen LogP contribution in [0.2, 0.25) is 0 Å². The van der Waals surface area contributed by atoms with Gasteiger partial charge in [-0.3, -0.25) is 24.0 Å². The highest BCUT2D eigenvalue weighted by atomic mass is 16.6. The van der Waals surface area contributed by atoms with Gasteiger partial charge < -0.3 is 9.84 Å².